The van der Waals surface area contributed by atoms with Crippen molar-refractivity contribution in [1.82, 2.24) is 14.5 Å². The number of methoxy groups -OCH3 is 1. The van der Waals surface area contributed by atoms with Crippen molar-refractivity contribution in [3.63, 3.8) is 0 Å². The Labute approximate surface area is 148 Å². The van der Waals surface area contributed by atoms with Crippen molar-refractivity contribution in [1.29, 1.82) is 0 Å². The Morgan fingerprint density at radius 2 is 2.15 bits per heavy atom. The molecule has 1 aromatic carbocycles. The Bertz CT molecular complexity index is 1110. The van der Waals surface area contributed by atoms with Crippen molar-refractivity contribution in [3.8, 4) is 11.6 Å². The van der Waals surface area contributed by atoms with E-state index in [0.717, 1.165) is 40.9 Å². The summed E-state index contributed by atoms with van der Waals surface area (Å²) in [6, 6.07) is 5.40. The number of nitrogens with zero attached hydrogens (tertiary/aromatic N) is 1. The molecule has 0 spiro atoms. The van der Waals surface area contributed by atoms with E-state index in [1.54, 1.807) is 14.0 Å². The molecule has 0 unspecified atom stereocenters. The van der Waals surface area contributed by atoms with E-state index >= 15 is 0 Å². The van der Waals surface area contributed by atoms with Crippen LogP contribution in [0.3, 0.4) is 0 Å². The molecular formula is C18H21N4O4+. The molecule has 0 saturated carbocycles. The van der Waals surface area contributed by atoms with Crippen LogP contribution in [0.2, 0.25) is 0 Å². The summed E-state index contributed by atoms with van der Waals surface area (Å²) in [5.74, 6) is 0.497. The summed E-state index contributed by atoms with van der Waals surface area (Å²) in [5, 5.41) is 13.6. The van der Waals surface area contributed by atoms with E-state index in [2.05, 4.69) is 9.97 Å². The third kappa shape index (κ3) is 2.33. The van der Waals surface area contributed by atoms with E-state index in [1.165, 1.54) is 4.57 Å². The number of nitrogens with one attached hydrogen (secondary N) is 2. The van der Waals surface area contributed by atoms with Gasteiger partial charge in [0.25, 0.3) is 5.56 Å². The first-order chi connectivity index (χ1) is 12.5. The minimum Gasteiger partial charge on any atom is -0.497 e. The van der Waals surface area contributed by atoms with Crippen molar-refractivity contribution in [2.45, 2.75) is 25.9 Å². The second-order valence-electron chi connectivity index (χ2n) is 6.42. The summed E-state index contributed by atoms with van der Waals surface area (Å²) in [7, 11) is 1.63. The van der Waals surface area contributed by atoms with Crippen LogP contribution in [-0.4, -0.2) is 33.3 Å². The molecule has 0 saturated heterocycles. The molecule has 1 aliphatic heterocycles. The second kappa shape index (κ2) is 6.06. The Morgan fingerprint density at radius 1 is 1.35 bits per heavy atom. The molecule has 2 aromatic heterocycles. The summed E-state index contributed by atoms with van der Waals surface area (Å²) in [6.07, 6.45) is 0.838. The topological polar surface area (TPSA) is 117 Å². The molecule has 8 nitrogen and oxygen atoms in total. The number of nitrogens with two attached hydrogens (primary N) is 1. The number of hydrogen-bond acceptors (Lipinski definition) is 4. The van der Waals surface area contributed by atoms with E-state index in [0.29, 0.717) is 0 Å². The minimum atomic E-state index is -0.601. The molecule has 0 bridgehead atoms. The Morgan fingerprint density at radius 3 is 2.88 bits per heavy atom. The van der Waals surface area contributed by atoms with Crippen LogP contribution in [0.5, 0.6) is 11.6 Å². The highest BCUT2D eigenvalue weighted by molar-refractivity contribution is 5.86. The van der Waals surface area contributed by atoms with Crippen molar-refractivity contribution < 1.29 is 15.2 Å². The SMILES string of the molecule is CCn1c(O)c([C@H]2[NH2+]CCc3c2[nH]c2ccc(OC)cc32)c(=O)[nH]c1=O. The smallest absolute Gasteiger partial charge is 0.331 e. The molecule has 0 fully saturated rings. The maximum atomic E-state index is 12.5. The van der Waals surface area contributed by atoms with Gasteiger partial charge in [-0.3, -0.25) is 14.3 Å². The highest BCUT2D eigenvalue weighted by Gasteiger charge is 2.34. The molecule has 5 N–H and O–H groups in total. The van der Waals surface area contributed by atoms with Crippen molar-refractivity contribution in [2.24, 2.45) is 0 Å². The Balaban J connectivity index is 1.95. The van der Waals surface area contributed by atoms with Gasteiger partial charge < -0.3 is 20.1 Å². The van der Waals surface area contributed by atoms with Crippen LogP contribution in [0, 0.1) is 0 Å². The van der Waals surface area contributed by atoms with Crippen LogP contribution in [0.25, 0.3) is 10.9 Å². The van der Waals surface area contributed by atoms with Gasteiger partial charge in [-0.2, -0.15) is 0 Å². The summed E-state index contributed by atoms with van der Waals surface area (Å²) in [6.45, 7) is 2.79. The Hall–Kier alpha value is -3.00. The summed E-state index contributed by atoms with van der Waals surface area (Å²) >= 11 is 0. The van der Waals surface area contributed by atoms with Crippen LogP contribution in [-0.2, 0) is 13.0 Å². The molecule has 8 heteroatoms. The quantitative estimate of drug-likeness (QED) is 0.526. The van der Waals surface area contributed by atoms with Gasteiger partial charge >= 0.3 is 5.69 Å². The third-order valence-electron chi connectivity index (χ3n) is 5.09. The zero-order valence-electron chi connectivity index (χ0n) is 14.6. The number of aromatic nitrogens is 3. The number of hydrogen-bond donors (Lipinski definition) is 4. The van der Waals surface area contributed by atoms with E-state index in [1.807, 2.05) is 23.5 Å². The van der Waals surface area contributed by atoms with Gasteiger partial charge in [0.2, 0.25) is 5.88 Å². The van der Waals surface area contributed by atoms with Crippen molar-refractivity contribution in [2.75, 3.05) is 13.7 Å². The molecule has 0 amide bonds. The second-order valence-corrected chi connectivity index (χ2v) is 6.42. The number of aromatic amines is 2. The molecule has 0 radical (unpaired) electrons. The van der Waals surface area contributed by atoms with E-state index in [-0.39, 0.29) is 18.0 Å². The number of quaternary nitrogens is 1. The average molecular weight is 357 g/mol. The maximum absolute atomic E-state index is 12.5. The standard InChI is InChI=1S/C18H20N4O4/c1-3-22-17(24)13(16(23)21-18(22)25)15-14-10(6-7-19-15)11-8-9(26-2)4-5-12(11)20-14/h4-5,8,15,19-20,24H,3,6-7H2,1-2H3,(H,21,23,25)/p+1/t15-/m1/s1. The van der Waals surface area contributed by atoms with Crippen LogP contribution in [0.1, 0.15) is 29.8 Å². The van der Waals surface area contributed by atoms with Crippen molar-refractivity contribution >= 4 is 10.9 Å². The maximum Gasteiger partial charge on any atom is 0.331 e. The molecule has 4 rings (SSSR count). The third-order valence-corrected chi connectivity index (χ3v) is 5.09. The van der Waals surface area contributed by atoms with Gasteiger partial charge in [0, 0.05) is 23.9 Å². The van der Waals surface area contributed by atoms with Crippen LogP contribution < -0.4 is 21.3 Å². The largest absolute Gasteiger partial charge is 0.497 e. The van der Waals surface area contributed by atoms with Gasteiger partial charge in [-0.15, -0.1) is 0 Å². The summed E-state index contributed by atoms with van der Waals surface area (Å²) in [5.41, 5.74) is 1.99. The fourth-order valence-corrected chi connectivity index (χ4v) is 3.83. The lowest BCUT2D eigenvalue weighted by atomic mass is 9.95. The monoisotopic (exact) mass is 357 g/mol. The Kier molecular flexibility index (Phi) is 3.84. The van der Waals surface area contributed by atoms with E-state index in [4.69, 9.17) is 4.74 Å². The molecule has 0 aliphatic carbocycles. The summed E-state index contributed by atoms with van der Waals surface area (Å²) in [4.78, 5) is 30.1. The van der Waals surface area contributed by atoms with Gasteiger partial charge in [0.15, 0.2) is 6.04 Å². The van der Waals surface area contributed by atoms with Crippen LogP contribution in [0.15, 0.2) is 27.8 Å². The lowest BCUT2D eigenvalue weighted by Gasteiger charge is -2.22. The predicted octanol–water partition coefficient (Wildman–Crippen LogP) is -0.0391. The molecule has 3 heterocycles. The number of fused-ring (bicyclic) bond motifs is 3. The molecule has 3 aromatic rings. The van der Waals surface area contributed by atoms with Crippen LogP contribution in [0.4, 0.5) is 0 Å². The molecule has 26 heavy (non-hydrogen) atoms. The van der Waals surface area contributed by atoms with Crippen molar-refractivity contribution in [3.05, 3.63) is 55.9 Å². The zero-order valence-corrected chi connectivity index (χ0v) is 14.6. The lowest BCUT2D eigenvalue weighted by Crippen LogP contribution is -2.87. The molecule has 1 atom stereocenters. The van der Waals surface area contributed by atoms with Gasteiger partial charge in [-0.25, -0.2) is 4.79 Å². The number of ether oxygens (including phenoxy) is 1. The first kappa shape index (κ1) is 16.5. The normalized spacial score (nSPS) is 16.6. The molecule has 1 aliphatic rings. The van der Waals surface area contributed by atoms with Gasteiger partial charge in [0.05, 0.1) is 19.3 Å². The average Bonchev–Trinajstić information content (AvgIpc) is 3.00. The number of rotatable bonds is 3. The van der Waals surface area contributed by atoms with Gasteiger partial charge in [-0.1, -0.05) is 0 Å². The van der Waals surface area contributed by atoms with Crippen LogP contribution >= 0.6 is 0 Å². The highest BCUT2D eigenvalue weighted by Crippen LogP contribution is 2.33. The number of H-pyrrole nitrogens is 2. The first-order valence-corrected chi connectivity index (χ1v) is 8.63. The van der Waals surface area contributed by atoms with E-state index < -0.39 is 17.3 Å². The number of benzene rings is 1. The molecule has 136 valence electrons. The summed E-state index contributed by atoms with van der Waals surface area (Å²) < 4.78 is 6.49. The van der Waals surface area contributed by atoms with Gasteiger partial charge in [-0.05, 0) is 30.7 Å². The highest BCUT2D eigenvalue weighted by atomic mass is 16.5. The fraction of sp³-hybridized carbons (Fsp3) is 0.333. The predicted molar refractivity (Wildman–Crippen MR) is 95.9 cm³/mol. The number of aromatic hydroxyl groups is 1. The zero-order chi connectivity index (χ0) is 18.4. The van der Waals surface area contributed by atoms with Gasteiger partial charge in [0.1, 0.15) is 11.3 Å². The fourth-order valence-electron chi connectivity index (χ4n) is 3.83. The lowest BCUT2D eigenvalue weighted by molar-refractivity contribution is -0.690. The first-order valence-electron chi connectivity index (χ1n) is 8.63. The molecular weight excluding hydrogens is 336 g/mol. The minimum absolute atomic E-state index is 0.200. The van der Waals surface area contributed by atoms with E-state index in [9.17, 15) is 14.7 Å².